The van der Waals surface area contributed by atoms with Gasteiger partial charge in [0, 0.05) is 34.3 Å². The normalized spacial score (nSPS) is 12.1. The SMILES string of the molecule is CCOC(=O)c1c(NC(=O)CSc2nnc(CNC(=O)c3cc(OC)cc(OC)c3)n2-c2ccc([N+](=O)[O-])cc2)sc2c1CCCC2. The highest BCUT2D eigenvalue weighted by Crippen LogP contribution is 2.39. The molecule has 5 rings (SSSR count). The molecule has 0 saturated heterocycles. The molecule has 1 aliphatic rings. The number of nitrogens with one attached hydrogen (secondary N) is 2. The number of carbonyl (C=O) groups is 3. The van der Waals surface area contributed by atoms with Crippen LogP contribution in [0.2, 0.25) is 0 Å². The van der Waals surface area contributed by atoms with Crippen LogP contribution < -0.4 is 20.1 Å². The number of hydrogen-bond acceptors (Lipinski definition) is 12. The highest BCUT2D eigenvalue weighted by molar-refractivity contribution is 7.99. The van der Waals surface area contributed by atoms with Crippen molar-refractivity contribution >= 4 is 51.6 Å². The maximum absolute atomic E-state index is 13.2. The van der Waals surface area contributed by atoms with Crippen molar-refractivity contribution in [3.8, 4) is 17.2 Å². The standard InChI is InChI=1S/C31H32N6O8S2/c1-4-45-30(40)27-23-7-5-6-8-24(23)47-29(27)33-26(38)17-46-31-35-34-25(36(31)19-9-11-20(12-10-19)37(41)42)16-32-28(39)18-13-21(43-2)15-22(14-18)44-3/h9-15H,4-8,16-17H2,1-3H3,(H,32,39)(H,33,38). The molecule has 1 aliphatic carbocycles. The summed E-state index contributed by atoms with van der Waals surface area (Å²) in [5, 5.41) is 26.2. The first-order chi connectivity index (χ1) is 22.7. The van der Waals surface area contributed by atoms with Crippen molar-refractivity contribution in [1.82, 2.24) is 20.1 Å². The monoisotopic (exact) mass is 680 g/mol. The van der Waals surface area contributed by atoms with Gasteiger partial charge in [0.1, 0.15) is 16.5 Å². The third-order valence-electron chi connectivity index (χ3n) is 7.28. The fourth-order valence-corrected chi connectivity index (χ4v) is 7.12. The smallest absolute Gasteiger partial charge is 0.341 e. The minimum absolute atomic E-state index is 0.0568. The Kier molecular flexibility index (Phi) is 10.7. The van der Waals surface area contributed by atoms with Gasteiger partial charge in [-0.1, -0.05) is 11.8 Å². The molecule has 47 heavy (non-hydrogen) atoms. The van der Waals surface area contributed by atoms with Crippen LogP contribution in [0.4, 0.5) is 10.7 Å². The number of anilines is 1. The van der Waals surface area contributed by atoms with Gasteiger partial charge in [0.2, 0.25) is 5.91 Å². The molecule has 0 radical (unpaired) electrons. The van der Waals surface area contributed by atoms with Crippen LogP contribution in [0.1, 0.15) is 56.7 Å². The second-order valence-corrected chi connectivity index (χ2v) is 12.3. The van der Waals surface area contributed by atoms with Crippen molar-refractivity contribution in [2.45, 2.75) is 44.3 Å². The number of thiophene rings is 1. The first kappa shape index (κ1) is 33.4. The maximum Gasteiger partial charge on any atom is 0.341 e. The summed E-state index contributed by atoms with van der Waals surface area (Å²) < 4.78 is 17.4. The molecule has 14 nitrogen and oxygen atoms in total. The number of hydrogen-bond donors (Lipinski definition) is 2. The van der Waals surface area contributed by atoms with E-state index in [4.69, 9.17) is 14.2 Å². The second kappa shape index (κ2) is 15.1. The van der Waals surface area contributed by atoms with Gasteiger partial charge in [-0.2, -0.15) is 0 Å². The Morgan fingerprint density at radius 2 is 1.74 bits per heavy atom. The predicted molar refractivity (Wildman–Crippen MR) is 175 cm³/mol. The Bertz CT molecular complexity index is 1780. The highest BCUT2D eigenvalue weighted by atomic mass is 32.2. The molecular formula is C31H32N6O8S2. The summed E-state index contributed by atoms with van der Waals surface area (Å²) in [5.41, 5.74) is 2.05. The van der Waals surface area contributed by atoms with Crippen LogP contribution >= 0.6 is 23.1 Å². The van der Waals surface area contributed by atoms with Crippen LogP contribution in [0.15, 0.2) is 47.6 Å². The van der Waals surface area contributed by atoms with Gasteiger partial charge >= 0.3 is 5.97 Å². The molecule has 2 aromatic carbocycles. The van der Waals surface area contributed by atoms with Crippen LogP contribution in [0.25, 0.3) is 5.69 Å². The van der Waals surface area contributed by atoms with Crippen LogP contribution in [-0.4, -0.2) is 64.1 Å². The molecule has 2 heterocycles. The Hall–Kier alpha value is -4.96. The first-order valence-electron chi connectivity index (χ1n) is 14.7. The minimum Gasteiger partial charge on any atom is -0.497 e. The number of rotatable bonds is 13. The maximum atomic E-state index is 13.2. The Balaban J connectivity index is 1.36. The number of nitro groups is 1. The van der Waals surface area contributed by atoms with Crippen molar-refractivity contribution in [3.63, 3.8) is 0 Å². The number of aromatic nitrogens is 3. The molecule has 4 aromatic rings. The second-order valence-electron chi connectivity index (χ2n) is 10.3. The molecule has 0 aliphatic heterocycles. The van der Waals surface area contributed by atoms with Gasteiger partial charge in [-0.15, -0.1) is 21.5 Å². The summed E-state index contributed by atoms with van der Waals surface area (Å²) in [5.74, 6) is -0.113. The number of fused-ring (bicyclic) bond motifs is 1. The molecule has 2 N–H and O–H groups in total. The van der Waals surface area contributed by atoms with E-state index in [1.807, 2.05) is 0 Å². The van der Waals surface area contributed by atoms with E-state index in [1.54, 1.807) is 29.7 Å². The lowest BCUT2D eigenvalue weighted by atomic mass is 9.95. The molecule has 0 bridgehead atoms. The lowest BCUT2D eigenvalue weighted by Crippen LogP contribution is -2.24. The van der Waals surface area contributed by atoms with Crippen molar-refractivity contribution in [2.75, 3.05) is 31.9 Å². The summed E-state index contributed by atoms with van der Waals surface area (Å²) in [6.45, 7) is 1.91. The fourth-order valence-electron chi connectivity index (χ4n) is 5.06. The summed E-state index contributed by atoms with van der Waals surface area (Å²) in [6.07, 6.45) is 3.59. The zero-order valence-corrected chi connectivity index (χ0v) is 27.5. The average molecular weight is 681 g/mol. The van der Waals surface area contributed by atoms with Gasteiger partial charge in [-0.25, -0.2) is 4.79 Å². The predicted octanol–water partition coefficient (Wildman–Crippen LogP) is 4.97. The quantitative estimate of drug-likeness (QED) is 0.0844. The highest BCUT2D eigenvalue weighted by Gasteiger charge is 2.27. The number of esters is 1. The topological polar surface area (TPSA) is 177 Å². The van der Waals surface area contributed by atoms with Gasteiger partial charge in [-0.3, -0.25) is 24.3 Å². The number of aryl methyl sites for hydroxylation is 1. The summed E-state index contributed by atoms with van der Waals surface area (Å²) in [4.78, 5) is 50.9. The molecule has 246 valence electrons. The molecule has 0 saturated carbocycles. The van der Waals surface area contributed by atoms with Gasteiger partial charge in [-0.05, 0) is 62.4 Å². The van der Waals surface area contributed by atoms with Gasteiger partial charge < -0.3 is 24.8 Å². The van der Waals surface area contributed by atoms with Crippen molar-refractivity contribution in [1.29, 1.82) is 0 Å². The lowest BCUT2D eigenvalue weighted by Gasteiger charge is -2.12. The Morgan fingerprint density at radius 1 is 1.04 bits per heavy atom. The first-order valence-corrected chi connectivity index (χ1v) is 16.5. The molecular weight excluding hydrogens is 649 g/mol. The number of nitro benzene ring substituents is 1. The van der Waals surface area contributed by atoms with Gasteiger partial charge in [0.05, 0.1) is 43.6 Å². The molecule has 0 atom stereocenters. The van der Waals surface area contributed by atoms with E-state index in [2.05, 4.69) is 20.8 Å². The van der Waals surface area contributed by atoms with E-state index in [9.17, 15) is 24.5 Å². The van der Waals surface area contributed by atoms with Gasteiger partial charge in [0.15, 0.2) is 11.0 Å². The molecule has 2 aromatic heterocycles. The average Bonchev–Trinajstić information content (AvgIpc) is 3.66. The van der Waals surface area contributed by atoms with E-state index in [-0.39, 0.29) is 30.5 Å². The van der Waals surface area contributed by atoms with Crippen molar-refractivity contribution < 1.29 is 33.5 Å². The zero-order chi connectivity index (χ0) is 33.5. The lowest BCUT2D eigenvalue weighted by molar-refractivity contribution is -0.384. The fraction of sp³-hybridized carbons (Fsp3) is 0.323. The number of nitrogens with zero attached hydrogens (tertiary/aromatic N) is 4. The molecule has 2 amide bonds. The Morgan fingerprint density at radius 3 is 2.40 bits per heavy atom. The number of ether oxygens (including phenoxy) is 3. The van der Waals surface area contributed by atoms with Crippen molar-refractivity contribution in [3.05, 3.63) is 80.0 Å². The Labute approximate surface area is 278 Å². The van der Waals surface area contributed by atoms with E-state index >= 15 is 0 Å². The number of benzene rings is 2. The largest absolute Gasteiger partial charge is 0.497 e. The van der Waals surface area contributed by atoms with Crippen LogP contribution in [0.3, 0.4) is 0 Å². The van der Waals surface area contributed by atoms with E-state index in [0.29, 0.717) is 44.3 Å². The zero-order valence-electron chi connectivity index (χ0n) is 25.9. The summed E-state index contributed by atoms with van der Waals surface area (Å²) in [7, 11) is 2.96. The number of amides is 2. The van der Waals surface area contributed by atoms with Crippen LogP contribution in [0, 0.1) is 10.1 Å². The number of non-ortho nitro benzene ring substituents is 1. The van der Waals surface area contributed by atoms with E-state index < -0.39 is 16.8 Å². The molecule has 16 heteroatoms. The summed E-state index contributed by atoms with van der Waals surface area (Å²) in [6, 6.07) is 10.5. The molecule has 0 spiro atoms. The number of carbonyl (C=O) groups excluding carboxylic acids is 3. The summed E-state index contributed by atoms with van der Waals surface area (Å²) >= 11 is 2.49. The number of methoxy groups -OCH3 is 2. The molecule has 0 unspecified atom stereocenters. The third-order valence-corrected chi connectivity index (χ3v) is 9.41. The van der Waals surface area contributed by atoms with E-state index in [0.717, 1.165) is 47.9 Å². The third kappa shape index (κ3) is 7.72. The van der Waals surface area contributed by atoms with Crippen molar-refractivity contribution in [2.24, 2.45) is 0 Å². The molecule has 0 fully saturated rings. The van der Waals surface area contributed by atoms with Crippen LogP contribution in [0.5, 0.6) is 11.5 Å². The minimum atomic E-state index is -0.507. The van der Waals surface area contributed by atoms with Crippen LogP contribution in [-0.2, 0) is 28.9 Å². The number of thioether (sulfide) groups is 1. The van der Waals surface area contributed by atoms with E-state index in [1.165, 1.54) is 49.8 Å². The van der Waals surface area contributed by atoms with Gasteiger partial charge in [0.25, 0.3) is 11.6 Å².